The van der Waals surface area contributed by atoms with Gasteiger partial charge in [0.2, 0.25) is 5.89 Å². The topological polar surface area (TPSA) is 56.0 Å². The molecule has 0 N–H and O–H groups in total. The number of benzene rings is 2. The average Bonchev–Trinajstić information content (AvgIpc) is 3.10. The predicted octanol–water partition coefficient (Wildman–Crippen LogP) is 5.43. The first-order chi connectivity index (χ1) is 12.1. The first kappa shape index (κ1) is 17.9. The van der Waals surface area contributed by atoms with E-state index in [4.69, 9.17) is 4.42 Å². The maximum atomic E-state index is 12.5. The molecule has 25 heavy (non-hydrogen) atoms. The normalized spacial score (nSPS) is 12.1. The SMILES string of the molecule is CCc1ccc(C(=O)C(C)Sc2nnc(-c3ccc(Br)cc3)o2)cc1. The van der Waals surface area contributed by atoms with E-state index >= 15 is 0 Å². The molecule has 128 valence electrons. The minimum Gasteiger partial charge on any atom is -0.411 e. The van der Waals surface area contributed by atoms with Crippen molar-refractivity contribution in [2.75, 3.05) is 0 Å². The molecule has 0 aliphatic heterocycles. The van der Waals surface area contributed by atoms with Gasteiger partial charge in [0.25, 0.3) is 5.22 Å². The first-order valence-corrected chi connectivity index (χ1v) is 9.63. The fraction of sp³-hybridized carbons (Fsp3) is 0.211. The Hall–Kier alpha value is -1.92. The first-order valence-electron chi connectivity index (χ1n) is 7.96. The fourth-order valence-electron chi connectivity index (χ4n) is 2.31. The van der Waals surface area contributed by atoms with Crippen molar-refractivity contribution in [3.63, 3.8) is 0 Å². The zero-order valence-corrected chi connectivity index (χ0v) is 16.3. The van der Waals surface area contributed by atoms with Crippen LogP contribution in [0.25, 0.3) is 11.5 Å². The summed E-state index contributed by atoms with van der Waals surface area (Å²) in [6, 6.07) is 15.4. The Morgan fingerprint density at radius 1 is 1.12 bits per heavy atom. The lowest BCUT2D eigenvalue weighted by molar-refractivity contribution is 0.0993. The lowest BCUT2D eigenvalue weighted by atomic mass is 10.1. The van der Waals surface area contributed by atoms with Crippen LogP contribution in [0.15, 0.2) is 62.6 Å². The number of carbonyl (C=O) groups excluding carboxylic acids is 1. The van der Waals surface area contributed by atoms with Crippen LogP contribution in [-0.2, 0) is 6.42 Å². The van der Waals surface area contributed by atoms with Crippen molar-refractivity contribution in [2.24, 2.45) is 0 Å². The molecule has 2 aromatic carbocycles. The third-order valence-corrected chi connectivity index (χ3v) is 5.25. The summed E-state index contributed by atoms with van der Waals surface area (Å²) in [6.07, 6.45) is 0.958. The lowest BCUT2D eigenvalue weighted by Gasteiger charge is -2.08. The van der Waals surface area contributed by atoms with Gasteiger partial charge in [0.1, 0.15) is 0 Å². The molecule has 1 heterocycles. The number of rotatable bonds is 6. The van der Waals surface area contributed by atoms with Crippen LogP contribution in [0.1, 0.15) is 29.8 Å². The smallest absolute Gasteiger partial charge is 0.277 e. The quantitative estimate of drug-likeness (QED) is 0.396. The average molecular weight is 417 g/mol. The van der Waals surface area contributed by atoms with Gasteiger partial charge in [0, 0.05) is 15.6 Å². The molecule has 6 heteroatoms. The van der Waals surface area contributed by atoms with Gasteiger partial charge in [-0.3, -0.25) is 4.79 Å². The standard InChI is InChI=1S/C19H17BrN2O2S/c1-3-13-4-6-14(7-5-13)17(23)12(2)25-19-22-21-18(24-19)15-8-10-16(20)11-9-15/h4-12H,3H2,1-2H3. The highest BCUT2D eigenvalue weighted by atomic mass is 79.9. The molecule has 1 unspecified atom stereocenters. The van der Waals surface area contributed by atoms with Crippen molar-refractivity contribution in [3.05, 3.63) is 64.1 Å². The Labute approximate surface area is 159 Å². The van der Waals surface area contributed by atoms with Crippen LogP contribution < -0.4 is 0 Å². The molecule has 4 nitrogen and oxygen atoms in total. The van der Waals surface area contributed by atoms with Crippen LogP contribution in [0.4, 0.5) is 0 Å². The third-order valence-electron chi connectivity index (χ3n) is 3.79. The second kappa shape index (κ2) is 7.97. The van der Waals surface area contributed by atoms with E-state index in [1.165, 1.54) is 17.3 Å². The largest absolute Gasteiger partial charge is 0.411 e. The summed E-state index contributed by atoms with van der Waals surface area (Å²) < 4.78 is 6.66. The minimum absolute atomic E-state index is 0.0519. The van der Waals surface area contributed by atoms with Crippen LogP contribution in [0, 0.1) is 0 Å². The Balaban J connectivity index is 1.69. The van der Waals surface area contributed by atoms with E-state index in [1.54, 1.807) is 0 Å². The minimum atomic E-state index is -0.300. The van der Waals surface area contributed by atoms with E-state index in [1.807, 2.05) is 55.5 Å². The zero-order chi connectivity index (χ0) is 17.8. The molecule has 0 saturated carbocycles. The molecule has 0 radical (unpaired) electrons. The van der Waals surface area contributed by atoms with Crippen molar-refractivity contribution >= 4 is 33.5 Å². The number of carbonyl (C=O) groups is 1. The van der Waals surface area contributed by atoms with Crippen molar-refractivity contribution in [3.8, 4) is 11.5 Å². The van der Waals surface area contributed by atoms with Crippen molar-refractivity contribution in [2.45, 2.75) is 30.7 Å². The van der Waals surface area contributed by atoms with Gasteiger partial charge in [-0.15, -0.1) is 10.2 Å². The number of Topliss-reactive ketones (excluding diaryl/α,β-unsaturated/α-hetero) is 1. The van der Waals surface area contributed by atoms with E-state index in [2.05, 4.69) is 33.1 Å². The number of aryl methyl sites for hydroxylation is 1. The molecule has 0 saturated heterocycles. The number of thioether (sulfide) groups is 1. The fourth-order valence-corrected chi connectivity index (χ4v) is 3.34. The Bertz CT molecular complexity index is 860. The van der Waals surface area contributed by atoms with Gasteiger partial charge in [-0.2, -0.15) is 0 Å². The van der Waals surface area contributed by atoms with Crippen LogP contribution in [0.2, 0.25) is 0 Å². The van der Waals surface area contributed by atoms with Gasteiger partial charge < -0.3 is 4.42 Å². The Kier molecular flexibility index (Phi) is 5.71. The maximum absolute atomic E-state index is 12.5. The molecule has 3 rings (SSSR count). The van der Waals surface area contributed by atoms with E-state index in [0.29, 0.717) is 16.7 Å². The number of nitrogens with zero attached hydrogens (tertiary/aromatic N) is 2. The summed E-state index contributed by atoms with van der Waals surface area (Å²) in [5, 5.41) is 8.19. The Morgan fingerprint density at radius 3 is 2.44 bits per heavy atom. The monoisotopic (exact) mass is 416 g/mol. The molecule has 0 aliphatic rings. The summed E-state index contributed by atoms with van der Waals surface area (Å²) in [4.78, 5) is 12.5. The second-order valence-electron chi connectivity index (χ2n) is 5.55. The molecule has 0 fully saturated rings. The number of ketones is 1. The lowest BCUT2D eigenvalue weighted by Crippen LogP contribution is -2.13. The van der Waals surface area contributed by atoms with Crippen molar-refractivity contribution in [1.29, 1.82) is 0 Å². The van der Waals surface area contributed by atoms with Crippen molar-refractivity contribution in [1.82, 2.24) is 10.2 Å². The van der Waals surface area contributed by atoms with Gasteiger partial charge in [0.05, 0.1) is 5.25 Å². The number of hydrogen-bond acceptors (Lipinski definition) is 5. The summed E-state index contributed by atoms with van der Waals surface area (Å²) in [7, 11) is 0. The Morgan fingerprint density at radius 2 is 1.80 bits per heavy atom. The van der Waals surface area contributed by atoms with Crippen LogP contribution in [-0.4, -0.2) is 21.2 Å². The van der Waals surface area contributed by atoms with Crippen LogP contribution in [0.5, 0.6) is 0 Å². The predicted molar refractivity (Wildman–Crippen MR) is 103 cm³/mol. The highest BCUT2D eigenvalue weighted by molar-refractivity contribution is 9.10. The van der Waals surface area contributed by atoms with Gasteiger partial charge in [-0.1, -0.05) is 58.9 Å². The third kappa shape index (κ3) is 4.38. The number of halogens is 1. The second-order valence-corrected chi connectivity index (χ2v) is 7.76. The molecule has 0 bridgehead atoms. The molecular weight excluding hydrogens is 400 g/mol. The van der Waals surface area contributed by atoms with Gasteiger partial charge in [-0.05, 0) is 43.2 Å². The summed E-state index contributed by atoms with van der Waals surface area (Å²) in [6.45, 7) is 3.94. The molecule has 1 aromatic heterocycles. The molecule has 0 spiro atoms. The molecular formula is C19H17BrN2O2S. The van der Waals surface area contributed by atoms with Crippen LogP contribution >= 0.6 is 27.7 Å². The van der Waals surface area contributed by atoms with E-state index in [0.717, 1.165) is 16.5 Å². The van der Waals surface area contributed by atoms with E-state index in [9.17, 15) is 4.79 Å². The summed E-state index contributed by atoms with van der Waals surface area (Å²) in [5.41, 5.74) is 2.76. The van der Waals surface area contributed by atoms with Gasteiger partial charge in [-0.25, -0.2) is 0 Å². The summed E-state index contributed by atoms with van der Waals surface area (Å²) in [5.74, 6) is 0.498. The van der Waals surface area contributed by atoms with Crippen LogP contribution in [0.3, 0.4) is 0 Å². The highest BCUT2D eigenvalue weighted by Crippen LogP contribution is 2.28. The van der Waals surface area contributed by atoms with Gasteiger partial charge in [0.15, 0.2) is 5.78 Å². The molecule has 3 aromatic rings. The van der Waals surface area contributed by atoms with E-state index in [-0.39, 0.29) is 11.0 Å². The van der Waals surface area contributed by atoms with Crippen molar-refractivity contribution < 1.29 is 9.21 Å². The highest BCUT2D eigenvalue weighted by Gasteiger charge is 2.20. The maximum Gasteiger partial charge on any atom is 0.277 e. The number of aromatic nitrogens is 2. The number of hydrogen-bond donors (Lipinski definition) is 0. The zero-order valence-electron chi connectivity index (χ0n) is 13.9. The molecule has 1 atom stereocenters. The summed E-state index contributed by atoms with van der Waals surface area (Å²) >= 11 is 4.67. The van der Waals surface area contributed by atoms with Gasteiger partial charge >= 0.3 is 0 Å². The van der Waals surface area contributed by atoms with E-state index < -0.39 is 0 Å². The molecule has 0 aliphatic carbocycles. The molecule has 0 amide bonds.